The van der Waals surface area contributed by atoms with E-state index >= 15 is 0 Å². The van der Waals surface area contributed by atoms with E-state index in [-0.39, 0.29) is 0 Å². The highest BCUT2D eigenvalue weighted by Crippen LogP contribution is 2.28. The summed E-state index contributed by atoms with van der Waals surface area (Å²) in [5.41, 5.74) is 11.0. The Morgan fingerprint density at radius 2 is 2.05 bits per heavy atom. The Kier molecular flexibility index (Phi) is 3.05. The van der Waals surface area contributed by atoms with Crippen LogP contribution in [0.3, 0.4) is 0 Å². The zero-order valence-corrected chi connectivity index (χ0v) is 13.3. The Labute approximate surface area is 125 Å². The minimum Gasteiger partial charge on any atom is -0.369 e. The summed E-state index contributed by atoms with van der Waals surface area (Å²) in [6, 6.07) is 6.13. The molecule has 5 nitrogen and oxygen atoms in total. The normalized spacial score (nSPS) is 11.4. The molecule has 0 aliphatic heterocycles. The van der Waals surface area contributed by atoms with E-state index in [2.05, 4.69) is 52.0 Å². The van der Waals surface area contributed by atoms with E-state index in [1.165, 1.54) is 0 Å². The van der Waals surface area contributed by atoms with Gasteiger partial charge in [0.25, 0.3) is 0 Å². The van der Waals surface area contributed by atoms with Gasteiger partial charge in [0.2, 0.25) is 5.95 Å². The molecule has 2 aromatic heterocycles. The number of hydrogen-bond acceptors (Lipinski definition) is 3. The molecule has 0 aliphatic carbocycles. The number of fused-ring (bicyclic) bond motifs is 1. The lowest BCUT2D eigenvalue weighted by molar-refractivity contribution is 0.663. The SMILES string of the molecule is CCn1nc(C)c2nc(N)n(-c3cc(Br)ccc3C)c21. The maximum atomic E-state index is 6.14. The summed E-state index contributed by atoms with van der Waals surface area (Å²) in [6.07, 6.45) is 0. The van der Waals surface area contributed by atoms with Gasteiger partial charge >= 0.3 is 0 Å². The minimum absolute atomic E-state index is 0.490. The summed E-state index contributed by atoms with van der Waals surface area (Å²) in [4.78, 5) is 4.47. The molecule has 0 bridgehead atoms. The number of nitrogens with two attached hydrogens (primary N) is 1. The first-order valence-electron chi connectivity index (χ1n) is 6.50. The van der Waals surface area contributed by atoms with E-state index < -0.39 is 0 Å². The molecule has 20 heavy (non-hydrogen) atoms. The Morgan fingerprint density at radius 3 is 2.75 bits per heavy atom. The van der Waals surface area contributed by atoms with E-state index in [0.29, 0.717) is 5.95 Å². The van der Waals surface area contributed by atoms with E-state index in [1.54, 1.807) is 0 Å². The van der Waals surface area contributed by atoms with Crippen LogP contribution in [0.1, 0.15) is 18.2 Å². The summed E-state index contributed by atoms with van der Waals surface area (Å²) in [5, 5.41) is 4.51. The molecule has 0 atom stereocenters. The molecule has 6 heteroatoms. The van der Waals surface area contributed by atoms with Crippen LogP contribution in [-0.2, 0) is 6.54 Å². The smallest absolute Gasteiger partial charge is 0.207 e. The number of nitrogen functional groups attached to an aromatic ring is 1. The molecule has 104 valence electrons. The van der Waals surface area contributed by atoms with Gasteiger partial charge in [0.1, 0.15) is 5.52 Å². The van der Waals surface area contributed by atoms with E-state index in [0.717, 1.165) is 39.1 Å². The zero-order chi connectivity index (χ0) is 14.4. The standard InChI is InChI=1S/C14H16BrN5/c1-4-19-13-12(9(3)18-19)17-14(16)20(13)11-7-10(15)6-5-8(11)2/h5-7H,4H2,1-3H3,(H2,16,17). The molecule has 0 saturated heterocycles. The average molecular weight is 334 g/mol. The molecule has 1 aromatic carbocycles. The molecule has 0 unspecified atom stereocenters. The number of nitrogens with zero attached hydrogens (tertiary/aromatic N) is 4. The van der Waals surface area contributed by atoms with Gasteiger partial charge < -0.3 is 5.73 Å². The molecule has 0 radical (unpaired) electrons. The zero-order valence-electron chi connectivity index (χ0n) is 11.7. The van der Waals surface area contributed by atoms with Crippen LogP contribution in [0.25, 0.3) is 16.9 Å². The molecule has 2 heterocycles. The molecule has 0 amide bonds. The quantitative estimate of drug-likeness (QED) is 0.783. The Hall–Kier alpha value is -1.82. The first kappa shape index (κ1) is 13.2. The van der Waals surface area contributed by atoms with E-state index in [1.807, 2.05) is 22.2 Å². The van der Waals surface area contributed by atoms with Crippen molar-refractivity contribution < 1.29 is 0 Å². The third kappa shape index (κ3) is 1.83. The molecule has 3 aromatic rings. The number of benzene rings is 1. The van der Waals surface area contributed by atoms with E-state index in [4.69, 9.17) is 5.73 Å². The first-order valence-corrected chi connectivity index (χ1v) is 7.30. The van der Waals surface area contributed by atoms with Crippen molar-refractivity contribution in [3.63, 3.8) is 0 Å². The molecular formula is C14H16BrN5. The van der Waals surface area contributed by atoms with Crippen LogP contribution in [0.2, 0.25) is 0 Å². The third-order valence-corrected chi connectivity index (χ3v) is 3.94. The van der Waals surface area contributed by atoms with Gasteiger partial charge in [-0.15, -0.1) is 0 Å². The van der Waals surface area contributed by atoms with Crippen molar-refractivity contribution in [3.8, 4) is 5.69 Å². The average Bonchev–Trinajstić information content (AvgIpc) is 2.90. The number of hydrogen-bond donors (Lipinski definition) is 1. The van der Waals surface area contributed by atoms with Gasteiger partial charge in [-0.25, -0.2) is 9.67 Å². The second kappa shape index (κ2) is 4.63. The van der Waals surface area contributed by atoms with Crippen LogP contribution in [0.5, 0.6) is 0 Å². The molecule has 0 saturated carbocycles. The lowest BCUT2D eigenvalue weighted by Gasteiger charge is -2.11. The highest BCUT2D eigenvalue weighted by Gasteiger charge is 2.18. The van der Waals surface area contributed by atoms with Crippen LogP contribution in [0.4, 0.5) is 5.95 Å². The van der Waals surface area contributed by atoms with Crippen molar-refractivity contribution in [1.29, 1.82) is 0 Å². The van der Waals surface area contributed by atoms with Crippen LogP contribution in [0, 0.1) is 13.8 Å². The fourth-order valence-electron chi connectivity index (χ4n) is 2.47. The third-order valence-electron chi connectivity index (χ3n) is 3.45. The maximum Gasteiger partial charge on any atom is 0.207 e. The summed E-state index contributed by atoms with van der Waals surface area (Å²) < 4.78 is 4.92. The minimum atomic E-state index is 0.490. The lowest BCUT2D eigenvalue weighted by Crippen LogP contribution is -2.07. The molecule has 3 rings (SSSR count). The monoisotopic (exact) mass is 333 g/mol. The van der Waals surface area contributed by atoms with Crippen LogP contribution < -0.4 is 5.73 Å². The van der Waals surface area contributed by atoms with Crippen molar-refractivity contribution in [2.24, 2.45) is 0 Å². The Morgan fingerprint density at radius 1 is 1.30 bits per heavy atom. The highest BCUT2D eigenvalue weighted by atomic mass is 79.9. The molecule has 2 N–H and O–H groups in total. The molecular weight excluding hydrogens is 318 g/mol. The van der Waals surface area contributed by atoms with Gasteiger partial charge in [-0.1, -0.05) is 22.0 Å². The van der Waals surface area contributed by atoms with Crippen molar-refractivity contribution in [3.05, 3.63) is 33.9 Å². The summed E-state index contributed by atoms with van der Waals surface area (Å²) >= 11 is 3.51. The van der Waals surface area contributed by atoms with Crippen molar-refractivity contribution >= 4 is 33.0 Å². The Balaban J connectivity index is 2.41. The summed E-state index contributed by atoms with van der Waals surface area (Å²) in [6.45, 7) is 6.86. The van der Waals surface area contributed by atoms with Crippen molar-refractivity contribution in [2.75, 3.05) is 5.73 Å². The largest absolute Gasteiger partial charge is 0.369 e. The second-order valence-electron chi connectivity index (χ2n) is 4.81. The van der Waals surface area contributed by atoms with Crippen LogP contribution in [0.15, 0.2) is 22.7 Å². The number of rotatable bonds is 2. The van der Waals surface area contributed by atoms with Gasteiger partial charge in [-0.2, -0.15) is 5.10 Å². The Bertz CT molecular complexity index is 800. The predicted octanol–water partition coefficient (Wildman–Crippen LogP) is 3.20. The fourth-order valence-corrected chi connectivity index (χ4v) is 2.82. The number of aromatic nitrogens is 4. The topological polar surface area (TPSA) is 61.7 Å². The number of anilines is 1. The molecule has 0 spiro atoms. The molecule has 0 fully saturated rings. The van der Waals surface area contributed by atoms with Gasteiger partial charge in [0.15, 0.2) is 5.65 Å². The van der Waals surface area contributed by atoms with Crippen LogP contribution >= 0.6 is 15.9 Å². The lowest BCUT2D eigenvalue weighted by atomic mass is 10.2. The number of imidazole rings is 1. The van der Waals surface area contributed by atoms with Crippen LogP contribution in [-0.4, -0.2) is 19.3 Å². The summed E-state index contributed by atoms with van der Waals surface area (Å²) in [7, 11) is 0. The van der Waals surface area contributed by atoms with E-state index in [9.17, 15) is 0 Å². The maximum absolute atomic E-state index is 6.14. The van der Waals surface area contributed by atoms with Crippen molar-refractivity contribution in [1.82, 2.24) is 19.3 Å². The van der Waals surface area contributed by atoms with Gasteiger partial charge in [0.05, 0.1) is 11.4 Å². The number of halogens is 1. The fraction of sp³-hybridized carbons (Fsp3) is 0.286. The highest BCUT2D eigenvalue weighted by molar-refractivity contribution is 9.10. The first-order chi connectivity index (χ1) is 9.52. The van der Waals surface area contributed by atoms with Gasteiger partial charge in [-0.05, 0) is 38.5 Å². The van der Waals surface area contributed by atoms with Crippen molar-refractivity contribution in [2.45, 2.75) is 27.3 Å². The molecule has 0 aliphatic rings. The summed E-state index contributed by atoms with van der Waals surface area (Å²) in [5.74, 6) is 0.490. The van der Waals surface area contributed by atoms with Gasteiger partial charge in [-0.3, -0.25) is 4.57 Å². The van der Waals surface area contributed by atoms with Gasteiger partial charge in [0, 0.05) is 11.0 Å². The number of aryl methyl sites for hydroxylation is 3. The predicted molar refractivity (Wildman–Crippen MR) is 84.1 cm³/mol. The second-order valence-corrected chi connectivity index (χ2v) is 5.73.